The van der Waals surface area contributed by atoms with E-state index in [-0.39, 0.29) is 0 Å². The molecule has 0 amide bonds. The normalized spacial score (nSPS) is 25.3. The maximum Gasteiger partial charge on any atom is 0.0643 e. The highest BCUT2D eigenvalue weighted by Crippen LogP contribution is 2.52. The fraction of sp³-hybridized carbons (Fsp3) is 0.714. The Balaban J connectivity index is 2.70. The third-order valence-electron chi connectivity index (χ3n) is 1.29. The Labute approximate surface area is 65.5 Å². The van der Waals surface area contributed by atoms with Crippen LogP contribution >= 0.6 is 23.5 Å². The van der Waals surface area contributed by atoms with Gasteiger partial charge in [0.2, 0.25) is 0 Å². The van der Waals surface area contributed by atoms with Crippen LogP contribution in [0, 0.1) is 0 Å². The van der Waals surface area contributed by atoms with Crippen molar-refractivity contribution in [2.24, 2.45) is 0 Å². The van der Waals surface area contributed by atoms with Crippen LogP contribution in [-0.4, -0.2) is 4.08 Å². The van der Waals surface area contributed by atoms with Crippen molar-refractivity contribution in [1.82, 2.24) is 0 Å². The third-order valence-corrected chi connectivity index (χ3v) is 4.13. The zero-order valence-corrected chi connectivity index (χ0v) is 7.95. The number of rotatable bonds is 0. The predicted molar refractivity (Wildman–Crippen MR) is 47.6 cm³/mol. The minimum absolute atomic E-state index is 0.397. The molecule has 0 aromatic carbocycles. The molecule has 1 rings (SSSR count). The lowest BCUT2D eigenvalue weighted by molar-refractivity contribution is 1.04. The molecule has 0 aromatic rings. The molecule has 9 heavy (non-hydrogen) atoms. The molecule has 0 radical (unpaired) electrons. The predicted octanol–water partition coefficient (Wildman–Crippen LogP) is 3.45. The number of hydrogen-bond acceptors (Lipinski definition) is 2. The molecule has 0 unspecified atom stereocenters. The quantitative estimate of drug-likeness (QED) is 0.532. The standard InChI is InChI=1S/C7H12S2/c1-5-6(2)9-7(3,4)8-5/h1-4H3. The summed E-state index contributed by atoms with van der Waals surface area (Å²) in [4.78, 5) is 2.98. The summed E-state index contributed by atoms with van der Waals surface area (Å²) in [6, 6.07) is 0. The van der Waals surface area contributed by atoms with Crippen molar-refractivity contribution in [3.8, 4) is 0 Å². The molecule has 0 fully saturated rings. The van der Waals surface area contributed by atoms with Crippen LogP contribution in [0.5, 0.6) is 0 Å². The van der Waals surface area contributed by atoms with E-state index in [1.165, 1.54) is 9.81 Å². The van der Waals surface area contributed by atoms with Gasteiger partial charge in [0, 0.05) is 0 Å². The Kier molecular flexibility index (Phi) is 1.88. The van der Waals surface area contributed by atoms with Gasteiger partial charge in [-0.1, -0.05) is 0 Å². The highest BCUT2D eigenvalue weighted by molar-refractivity contribution is 8.24. The first-order valence-corrected chi connectivity index (χ1v) is 4.70. The van der Waals surface area contributed by atoms with Gasteiger partial charge in [-0.2, -0.15) is 0 Å². The van der Waals surface area contributed by atoms with Gasteiger partial charge in [0.15, 0.2) is 0 Å². The Morgan fingerprint density at radius 3 is 1.44 bits per heavy atom. The van der Waals surface area contributed by atoms with Crippen LogP contribution in [0.4, 0.5) is 0 Å². The lowest BCUT2D eigenvalue weighted by atomic mass is 10.5. The Bertz CT molecular complexity index is 140. The maximum atomic E-state index is 2.27. The molecule has 0 N–H and O–H groups in total. The summed E-state index contributed by atoms with van der Waals surface area (Å²) >= 11 is 3.95. The second kappa shape index (κ2) is 2.24. The minimum atomic E-state index is 0.397. The Hall–Kier alpha value is 0.440. The van der Waals surface area contributed by atoms with Crippen LogP contribution < -0.4 is 0 Å². The Morgan fingerprint density at radius 1 is 1.00 bits per heavy atom. The van der Waals surface area contributed by atoms with E-state index in [1.807, 2.05) is 23.5 Å². The van der Waals surface area contributed by atoms with Crippen LogP contribution in [0.25, 0.3) is 0 Å². The van der Waals surface area contributed by atoms with Crippen molar-refractivity contribution < 1.29 is 0 Å². The zero-order chi connectivity index (χ0) is 7.07. The topological polar surface area (TPSA) is 0 Å². The summed E-state index contributed by atoms with van der Waals surface area (Å²) in [6.45, 7) is 8.92. The van der Waals surface area contributed by atoms with E-state index in [4.69, 9.17) is 0 Å². The highest BCUT2D eigenvalue weighted by atomic mass is 32.2. The molecule has 1 aliphatic rings. The number of hydrogen-bond donors (Lipinski definition) is 0. The SMILES string of the molecule is CC1=C(C)SC(C)(C)S1. The smallest absolute Gasteiger partial charge is 0.0643 e. The molecule has 0 nitrogen and oxygen atoms in total. The summed E-state index contributed by atoms with van der Waals surface area (Å²) in [5.41, 5.74) is 0. The zero-order valence-electron chi connectivity index (χ0n) is 6.32. The molecule has 2 heteroatoms. The van der Waals surface area contributed by atoms with Gasteiger partial charge in [-0.15, -0.1) is 23.5 Å². The average molecular weight is 160 g/mol. The number of thioether (sulfide) groups is 2. The van der Waals surface area contributed by atoms with Gasteiger partial charge >= 0.3 is 0 Å². The van der Waals surface area contributed by atoms with Gasteiger partial charge in [-0.05, 0) is 37.5 Å². The van der Waals surface area contributed by atoms with E-state index in [0.717, 1.165) is 0 Å². The van der Waals surface area contributed by atoms with Crippen molar-refractivity contribution >= 4 is 23.5 Å². The second-order valence-electron chi connectivity index (χ2n) is 2.72. The van der Waals surface area contributed by atoms with Crippen molar-refractivity contribution in [3.05, 3.63) is 9.81 Å². The van der Waals surface area contributed by atoms with Crippen LogP contribution in [0.2, 0.25) is 0 Å². The molecule has 0 spiro atoms. The number of allylic oxidation sites excluding steroid dienone is 2. The molecule has 0 aliphatic carbocycles. The van der Waals surface area contributed by atoms with E-state index in [9.17, 15) is 0 Å². The molecule has 0 bridgehead atoms. The Morgan fingerprint density at radius 2 is 1.33 bits per heavy atom. The van der Waals surface area contributed by atoms with E-state index in [2.05, 4.69) is 27.7 Å². The fourth-order valence-corrected chi connectivity index (χ4v) is 3.83. The molecule has 0 saturated heterocycles. The molecular weight excluding hydrogens is 148 g/mol. The lowest BCUT2D eigenvalue weighted by Gasteiger charge is -2.14. The average Bonchev–Trinajstić information content (AvgIpc) is 1.79. The van der Waals surface area contributed by atoms with Crippen LogP contribution in [-0.2, 0) is 0 Å². The molecule has 0 saturated carbocycles. The van der Waals surface area contributed by atoms with E-state index < -0.39 is 0 Å². The first-order valence-electron chi connectivity index (χ1n) is 3.07. The van der Waals surface area contributed by atoms with Crippen LogP contribution in [0.1, 0.15) is 27.7 Å². The van der Waals surface area contributed by atoms with Crippen molar-refractivity contribution in [2.75, 3.05) is 0 Å². The minimum Gasteiger partial charge on any atom is -0.112 e. The lowest BCUT2D eigenvalue weighted by Crippen LogP contribution is -2.02. The van der Waals surface area contributed by atoms with E-state index in [1.54, 1.807) is 0 Å². The van der Waals surface area contributed by atoms with E-state index in [0.29, 0.717) is 4.08 Å². The second-order valence-corrected chi connectivity index (χ2v) is 6.65. The summed E-state index contributed by atoms with van der Waals surface area (Å²) in [5, 5.41) is 0. The maximum absolute atomic E-state index is 2.27. The van der Waals surface area contributed by atoms with Gasteiger partial charge in [0.1, 0.15) is 0 Å². The van der Waals surface area contributed by atoms with Crippen molar-refractivity contribution in [2.45, 2.75) is 31.8 Å². The molecule has 52 valence electrons. The van der Waals surface area contributed by atoms with Crippen molar-refractivity contribution in [3.63, 3.8) is 0 Å². The summed E-state index contributed by atoms with van der Waals surface area (Å²) in [7, 11) is 0. The molecule has 1 heterocycles. The molecule has 0 atom stereocenters. The van der Waals surface area contributed by atoms with Gasteiger partial charge in [0.05, 0.1) is 4.08 Å². The van der Waals surface area contributed by atoms with Crippen molar-refractivity contribution in [1.29, 1.82) is 0 Å². The van der Waals surface area contributed by atoms with Crippen LogP contribution in [0.3, 0.4) is 0 Å². The van der Waals surface area contributed by atoms with Gasteiger partial charge in [-0.25, -0.2) is 0 Å². The van der Waals surface area contributed by atoms with Gasteiger partial charge in [0.25, 0.3) is 0 Å². The summed E-state index contributed by atoms with van der Waals surface area (Å²) < 4.78 is 0.397. The van der Waals surface area contributed by atoms with Crippen LogP contribution in [0.15, 0.2) is 9.81 Å². The van der Waals surface area contributed by atoms with Gasteiger partial charge in [-0.3, -0.25) is 0 Å². The highest BCUT2D eigenvalue weighted by Gasteiger charge is 2.27. The first-order chi connectivity index (χ1) is 4.01. The van der Waals surface area contributed by atoms with E-state index >= 15 is 0 Å². The van der Waals surface area contributed by atoms with Gasteiger partial charge < -0.3 is 0 Å². The molecule has 1 aliphatic heterocycles. The third kappa shape index (κ3) is 1.68. The summed E-state index contributed by atoms with van der Waals surface area (Å²) in [5.74, 6) is 0. The molecule has 0 aromatic heterocycles. The molecular formula is C7H12S2. The monoisotopic (exact) mass is 160 g/mol. The first kappa shape index (κ1) is 7.55. The largest absolute Gasteiger partial charge is 0.112 e. The summed E-state index contributed by atoms with van der Waals surface area (Å²) in [6.07, 6.45) is 0. The fourth-order valence-electron chi connectivity index (χ4n) is 0.902.